The zero-order valence-electron chi connectivity index (χ0n) is 12.5. The highest BCUT2D eigenvalue weighted by atomic mass is 15.1. The van der Waals surface area contributed by atoms with Crippen LogP contribution in [0, 0.1) is 5.92 Å². The van der Waals surface area contributed by atoms with E-state index in [4.69, 9.17) is 0 Å². The summed E-state index contributed by atoms with van der Waals surface area (Å²) in [6, 6.07) is 1.64. The van der Waals surface area contributed by atoms with Crippen LogP contribution in [-0.4, -0.2) is 37.6 Å². The second kappa shape index (κ2) is 7.49. The first-order valence-electron chi connectivity index (χ1n) is 8.18. The first kappa shape index (κ1) is 14.3. The summed E-state index contributed by atoms with van der Waals surface area (Å²) < 4.78 is 0. The van der Waals surface area contributed by atoms with Gasteiger partial charge in [0.1, 0.15) is 0 Å². The average molecular weight is 252 g/mol. The van der Waals surface area contributed by atoms with E-state index < -0.39 is 0 Å². The first-order valence-corrected chi connectivity index (χ1v) is 8.18. The van der Waals surface area contributed by atoms with Crippen LogP contribution in [0.1, 0.15) is 64.2 Å². The van der Waals surface area contributed by atoms with Crippen LogP contribution < -0.4 is 5.32 Å². The van der Waals surface area contributed by atoms with Gasteiger partial charge >= 0.3 is 0 Å². The number of rotatable bonds is 4. The Kier molecular flexibility index (Phi) is 5.97. The molecule has 0 bridgehead atoms. The molecule has 2 aliphatic carbocycles. The molecule has 2 fully saturated rings. The second-order valence-corrected chi connectivity index (χ2v) is 6.52. The summed E-state index contributed by atoms with van der Waals surface area (Å²) in [4.78, 5) is 2.68. The Labute approximate surface area is 114 Å². The summed E-state index contributed by atoms with van der Waals surface area (Å²) >= 11 is 0. The molecule has 2 rings (SSSR count). The molecule has 106 valence electrons. The number of nitrogens with zero attached hydrogens (tertiary/aromatic N) is 1. The third kappa shape index (κ3) is 3.96. The molecule has 2 unspecified atom stereocenters. The number of hydrogen-bond acceptors (Lipinski definition) is 2. The Balaban J connectivity index is 1.84. The van der Waals surface area contributed by atoms with Crippen molar-refractivity contribution in [2.24, 2.45) is 5.92 Å². The van der Waals surface area contributed by atoms with E-state index in [1.807, 2.05) is 0 Å². The van der Waals surface area contributed by atoms with Crippen LogP contribution in [0.2, 0.25) is 0 Å². The lowest BCUT2D eigenvalue weighted by molar-refractivity contribution is 0.148. The van der Waals surface area contributed by atoms with Crippen LogP contribution in [0.15, 0.2) is 0 Å². The first-order chi connectivity index (χ1) is 8.81. The maximum absolute atomic E-state index is 3.58. The molecule has 0 saturated heterocycles. The molecule has 18 heavy (non-hydrogen) atoms. The molecule has 0 aliphatic heterocycles. The van der Waals surface area contributed by atoms with Crippen molar-refractivity contribution in [3.05, 3.63) is 0 Å². The average Bonchev–Trinajstić information content (AvgIpc) is 2.64. The van der Waals surface area contributed by atoms with Crippen molar-refractivity contribution in [3.63, 3.8) is 0 Å². The van der Waals surface area contributed by atoms with Gasteiger partial charge in [-0.05, 0) is 45.7 Å². The standard InChI is InChI=1S/C16H32N2/c1-17-16-12-8-3-5-9-14(16)13-18(2)15-10-6-4-7-11-15/h14-17H,3-13H2,1-2H3. The van der Waals surface area contributed by atoms with Crippen LogP contribution >= 0.6 is 0 Å². The fourth-order valence-corrected chi connectivity index (χ4v) is 4.02. The Morgan fingerprint density at radius 3 is 2.17 bits per heavy atom. The monoisotopic (exact) mass is 252 g/mol. The third-order valence-corrected chi connectivity index (χ3v) is 5.25. The predicted molar refractivity (Wildman–Crippen MR) is 78.9 cm³/mol. The molecular weight excluding hydrogens is 220 g/mol. The minimum atomic E-state index is 0.763. The van der Waals surface area contributed by atoms with E-state index in [-0.39, 0.29) is 0 Å². The van der Waals surface area contributed by atoms with Crippen LogP contribution in [0.4, 0.5) is 0 Å². The normalized spacial score (nSPS) is 31.5. The summed E-state index contributed by atoms with van der Waals surface area (Å²) in [7, 11) is 4.52. The highest BCUT2D eigenvalue weighted by molar-refractivity contribution is 4.83. The molecule has 0 aromatic rings. The van der Waals surface area contributed by atoms with Crippen molar-refractivity contribution >= 4 is 0 Å². The van der Waals surface area contributed by atoms with Gasteiger partial charge in [0, 0.05) is 18.6 Å². The summed E-state index contributed by atoms with van der Waals surface area (Å²) in [5.41, 5.74) is 0. The van der Waals surface area contributed by atoms with E-state index in [1.54, 1.807) is 0 Å². The number of hydrogen-bond donors (Lipinski definition) is 1. The van der Waals surface area contributed by atoms with Gasteiger partial charge in [-0.2, -0.15) is 0 Å². The molecule has 0 radical (unpaired) electrons. The van der Waals surface area contributed by atoms with Crippen molar-refractivity contribution in [2.75, 3.05) is 20.6 Å². The molecule has 0 spiro atoms. The van der Waals surface area contributed by atoms with Gasteiger partial charge in [-0.1, -0.05) is 38.5 Å². The Bertz CT molecular complexity index is 223. The van der Waals surface area contributed by atoms with Crippen molar-refractivity contribution in [3.8, 4) is 0 Å². The predicted octanol–water partition coefficient (Wildman–Crippen LogP) is 3.42. The van der Waals surface area contributed by atoms with Crippen molar-refractivity contribution < 1.29 is 0 Å². The Hall–Kier alpha value is -0.0800. The largest absolute Gasteiger partial charge is 0.317 e. The second-order valence-electron chi connectivity index (χ2n) is 6.52. The fourth-order valence-electron chi connectivity index (χ4n) is 4.02. The molecule has 2 atom stereocenters. The Morgan fingerprint density at radius 1 is 0.889 bits per heavy atom. The fraction of sp³-hybridized carbons (Fsp3) is 1.00. The van der Waals surface area contributed by atoms with E-state index in [0.717, 1.165) is 18.0 Å². The van der Waals surface area contributed by atoms with Gasteiger partial charge in [-0.15, -0.1) is 0 Å². The SMILES string of the molecule is CNC1CCCCCC1CN(C)C1CCCCC1. The minimum absolute atomic E-state index is 0.763. The zero-order valence-corrected chi connectivity index (χ0v) is 12.5. The summed E-state index contributed by atoms with van der Waals surface area (Å²) in [5.74, 6) is 0.879. The maximum Gasteiger partial charge on any atom is 0.0104 e. The van der Waals surface area contributed by atoms with Crippen LogP contribution in [-0.2, 0) is 0 Å². The van der Waals surface area contributed by atoms with Gasteiger partial charge < -0.3 is 10.2 Å². The molecule has 2 heteroatoms. The van der Waals surface area contributed by atoms with Gasteiger partial charge in [0.05, 0.1) is 0 Å². The van der Waals surface area contributed by atoms with Crippen molar-refractivity contribution in [1.82, 2.24) is 10.2 Å². The van der Waals surface area contributed by atoms with Crippen molar-refractivity contribution in [2.45, 2.75) is 76.3 Å². The third-order valence-electron chi connectivity index (χ3n) is 5.25. The molecule has 1 N–H and O–H groups in total. The zero-order chi connectivity index (χ0) is 12.8. The summed E-state index contributed by atoms with van der Waals surface area (Å²) in [5, 5.41) is 3.58. The Morgan fingerprint density at radius 2 is 1.50 bits per heavy atom. The molecular formula is C16H32N2. The van der Waals surface area contributed by atoms with Crippen LogP contribution in [0.3, 0.4) is 0 Å². The van der Waals surface area contributed by atoms with E-state index >= 15 is 0 Å². The van der Waals surface area contributed by atoms with Gasteiger partial charge in [-0.3, -0.25) is 0 Å². The highest BCUT2D eigenvalue weighted by Gasteiger charge is 2.26. The number of nitrogens with one attached hydrogen (secondary N) is 1. The van der Waals surface area contributed by atoms with E-state index in [9.17, 15) is 0 Å². The minimum Gasteiger partial charge on any atom is -0.317 e. The maximum atomic E-state index is 3.58. The van der Waals surface area contributed by atoms with E-state index in [2.05, 4.69) is 24.3 Å². The lowest BCUT2D eigenvalue weighted by Crippen LogP contribution is -2.43. The molecule has 0 aromatic heterocycles. The summed E-state index contributed by atoms with van der Waals surface area (Å²) in [6.07, 6.45) is 14.4. The van der Waals surface area contributed by atoms with Gasteiger partial charge in [0.25, 0.3) is 0 Å². The summed E-state index contributed by atoms with van der Waals surface area (Å²) in [6.45, 7) is 1.32. The lowest BCUT2D eigenvalue weighted by Gasteiger charge is -2.36. The quantitative estimate of drug-likeness (QED) is 0.771. The molecule has 2 nitrogen and oxygen atoms in total. The van der Waals surface area contributed by atoms with E-state index in [0.29, 0.717) is 0 Å². The van der Waals surface area contributed by atoms with Crippen LogP contribution in [0.25, 0.3) is 0 Å². The molecule has 0 heterocycles. The molecule has 0 aromatic carbocycles. The van der Waals surface area contributed by atoms with Crippen molar-refractivity contribution in [1.29, 1.82) is 0 Å². The van der Waals surface area contributed by atoms with Gasteiger partial charge in [0.2, 0.25) is 0 Å². The smallest absolute Gasteiger partial charge is 0.0104 e. The van der Waals surface area contributed by atoms with Gasteiger partial charge in [0.15, 0.2) is 0 Å². The lowest BCUT2D eigenvalue weighted by atomic mass is 9.91. The molecule has 2 aliphatic rings. The molecule has 0 amide bonds. The topological polar surface area (TPSA) is 15.3 Å². The van der Waals surface area contributed by atoms with Gasteiger partial charge in [-0.25, -0.2) is 0 Å². The van der Waals surface area contributed by atoms with E-state index in [1.165, 1.54) is 70.8 Å². The van der Waals surface area contributed by atoms with Crippen LogP contribution in [0.5, 0.6) is 0 Å². The molecule has 2 saturated carbocycles. The highest BCUT2D eigenvalue weighted by Crippen LogP contribution is 2.27.